The minimum atomic E-state index is -1.47. The summed E-state index contributed by atoms with van der Waals surface area (Å²) >= 11 is 9.14. The van der Waals surface area contributed by atoms with E-state index in [1.54, 1.807) is 36.4 Å². The maximum atomic E-state index is 13.5. The average molecular weight is 412 g/mol. The van der Waals surface area contributed by atoms with Crippen molar-refractivity contribution in [1.29, 1.82) is 0 Å². The number of nitrogens with zero attached hydrogens (tertiary/aromatic N) is 2. The van der Waals surface area contributed by atoms with Gasteiger partial charge in [0.1, 0.15) is 5.82 Å². The Morgan fingerprint density at radius 2 is 2.04 bits per heavy atom. The number of rotatable bonds is 3. The lowest BCUT2D eigenvalue weighted by atomic mass is 10.1. The Balaban J connectivity index is 2.17. The summed E-state index contributed by atoms with van der Waals surface area (Å²) < 4.78 is 19.9. The van der Waals surface area contributed by atoms with Crippen molar-refractivity contribution >= 4 is 33.7 Å². The molecule has 0 aliphatic carbocycles. The molecule has 8 heteroatoms. The molecule has 0 atom stereocenters. The van der Waals surface area contributed by atoms with Gasteiger partial charge in [-0.05, 0) is 52.3 Å². The summed E-state index contributed by atoms with van der Waals surface area (Å²) in [6.07, 6.45) is -1.47. The van der Waals surface area contributed by atoms with Crippen LogP contribution in [0.5, 0.6) is 5.88 Å². The van der Waals surface area contributed by atoms with E-state index in [9.17, 15) is 9.18 Å². The van der Waals surface area contributed by atoms with Crippen LogP contribution in [0.25, 0.3) is 16.9 Å². The molecule has 0 unspecified atom stereocenters. The highest BCUT2D eigenvalue weighted by Gasteiger charge is 2.16. The standard InChI is InChI=1S/C16H9BrClFN2O3/c17-12-6-9(4-5-13(12)19)14-8-15(24-16(22)23)20-21(14)11-3-1-2-10(18)7-11/h1-8H,(H,22,23). The van der Waals surface area contributed by atoms with Gasteiger partial charge >= 0.3 is 6.16 Å². The molecule has 3 aromatic rings. The molecule has 0 aliphatic rings. The van der Waals surface area contributed by atoms with Crippen molar-refractivity contribution in [2.24, 2.45) is 0 Å². The number of hydrogen-bond donors (Lipinski definition) is 1. The molecule has 1 heterocycles. The van der Waals surface area contributed by atoms with Crippen LogP contribution >= 0.6 is 27.5 Å². The average Bonchev–Trinajstić information content (AvgIpc) is 2.93. The molecular weight excluding hydrogens is 403 g/mol. The van der Waals surface area contributed by atoms with Crippen LogP contribution in [0.15, 0.2) is 53.0 Å². The van der Waals surface area contributed by atoms with Crippen molar-refractivity contribution in [1.82, 2.24) is 9.78 Å². The fourth-order valence-corrected chi connectivity index (χ4v) is 2.73. The molecule has 2 aromatic carbocycles. The zero-order valence-electron chi connectivity index (χ0n) is 11.9. The molecule has 1 aromatic heterocycles. The molecule has 3 rings (SSSR count). The molecule has 0 aliphatic heterocycles. The van der Waals surface area contributed by atoms with Crippen molar-refractivity contribution in [3.8, 4) is 22.8 Å². The van der Waals surface area contributed by atoms with Crippen molar-refractivity contribution in [3.63, 3.8) is 0 Å². The van der Waals surface area contributed by atoms with Crippen LogP contribution in [0.3, 0.4) is 0 Å². The van der Waals surface area contributed by atoms with Gasteiger partial charge in [-0.2, -0.15) is 0 Å². The third-order valence-electron chi connectivity index (χ3n) is 3.15. The smallest absolute Gasteiger partial charge is 0.449 e. The molecule has 0 fully saturated rings. The Morgan fingerprint density at radius 3 is 2.71 bits per heavy atom. The van der Waals surface area contributed by atoms with Crippen LogP contribution in [-0.2, 0) is 0 Å². The minimum absolute atomic E-state index is 0.0991. The second-order valence-corrected chi connectivity index (χ2v) is 6.05. The van der Waals surface area contributed by atoms with Crippen molar-refractivity contribution in [3.05, 3.63) is 63.8 Å². The van der Waals surface area contributed by atoms with Gasteiger partial charge in [-0.1, -0.05) is 17.7 Å². The first-order valence-corrected chi connectivity index (χ1v) is 7.83. The normalized spacial score (nSPS) is 10.6. The van der Waals surface area contributed by atoms with Gasteiger partial charge in [0.15, 0.2) is 0 Å². The van der Waals surface area contributed by atoms with E-state index in [1.807, 2.05) is 0 Å². The number of carboxylic acid groups (broad SMARTS) is 1. The number of benzene rings is 2. The molecule has 0 bridgehead atoms. The van der Waals surface area contributed by atoms with E-state index in [0.29, 0.717) is 22.0 Å². The fourth-order valence-electron chi connectivity index (χ4n) is 2.16. The molecule has 0 radical (unpaired) electrons. The van der Waals surface area contributed by atoms with Crippen LogP contribution in [0.1, 0.15) is 0 Å². The summed E-state index contributed by atoms with van der Waals surface area (Å²) in [6, 6.07) is 12.7. The molecule has 24 heavy (non-hydrogen) atoms. The third-order valence-corrected chi connectivity index (χ3v) is 3.99. The van der Waals surface area contributed by atoms with E-state index in [2.05, 4.69) is 25.8 Å². The Kier molecular flexibility index (Phi) is 4.55. The van der Waals surface area contributed by atoms with Gasteiger partial charge in [0, 0.05) is 16.7 Å². The lowest BCUT2D eigenvalue weighted by Crippen LogP contribution is -2.04. The van der Waals surface area contributed by atoms with Gasteiger partial charge in [-0.25, -0.2) is 13.9 Å². The zero-order chi connectivity index (χ0) is 17.3. The quantitative estimate of drug-likeness (QED) is 0.605. The predicted molar refractivity (Wildman–Crippen MR) is 90.3 cm³/mol. The maximum absolute atomic E-state index is 13.5. The Bertz CT molecular complexity index is 929. The lowest BCUT2D eigenvalue weighted by molar-refractivity contribution is 0.142. The van der Waals surface area contributed by atoms with E-state index in [1.165, 1.54) is 16.8 Å². The first-order chi connectivity index (χ1) is 11.4. The van der Waals surface area contributed by atoms with Crippen molar-refractivity contribution in [2.75, 3.05) is 0 Å². The van der Waals surface area contributed by atoms with E-state index in [0.717, 1.165) is 0 Å². The topological polar surface area (TPSA) is 64.3 Å². The fraction of sp³-hybridized carbons (Fsp3) is 0. The van der Waals surface area contributed by atoms with Crippen LogP contribution in [-0.4, -0.2) is 21.0 Å². The van der Waals surface area contributed by atoms with Crippen LogP contribution in [0.4, 0.5) is 9.18 Å². The molecular formula is C16H9BrClFN2O3. The summed E-state index contributed by atoms with van der Waals surface area (Å²) in [5.41, 5.74) is 1.75. The Morgan fingerprint density at radius 1 is 1.25 bits per heavy atom. The minimum Gasteiger partial charge on any atom is -0.449 e. The first kappa shape index (κ1) is 16.5. The molecule has 5 nitrogen and oxygen atoms in total. The van der Waals surface area contributed by atoms with Crippen molar-refractivity contribution in [2.45, 2.75) is 0 Å². The van der Waals surface area contributed by atoms with Crippen LogP contribution < -0.4 is 4.74 Å². The van der Waals surface area contributed by atoms with E-state index in [4.69, 9.17) is 16.7 Å². The van der Waals surface area contributed by atoms with Gasteiger partial charge in [-0.3, -0.25) is 0 Å². The summed E-state index contributed by atoms with van der Waals surface area (Å²) in [5, 5.41) is 13.4. The number of carbonyl (C=O) groups is 1. The van der Waals surface area contributed by atoms with Gasteiger partial charge in [0.25, 0.3) is 0 Å². The first-order valence-electron chi connectivity index (χ1n) is 6.66. The highest BCUT2D eigenvalue weighted by molar-refractivity contribution is 9.10. The summed E-state index contributed by atoms with van der Waals surface area (Å²) in [4.78, 5) is 10.8. The highest BCUT2D eigenvalue weighted by atomic mass is 79.9. The van der Waals surface area contributed by atoms with Crippen LogP contribution in [0, 0.1) is 5.82 Å². The third kappa shape index (κ3) is 3.42. The molecule has 0 saturated heterocycles. The Labute approximate surface area is 149 Å². The zero-order valence-corrected chi connectivity index (χ0v) is 14.3. The van der Waals surface area contributed by atoms with Crippen LogP contribution in [0.2, 0.25) is 5.02 Å². The van der Waals surface area contributed by atoms with E-state index >= 15 is 0 Å². The molecule has 0 saturated carbocycles. The van der Waals surface area contributed by atoms with Crippen molar-refractivity contribution < 1.29 is 19.0 Å². The number of aromatic nitrogens is 2. The number of hydrogen-bond acceptors (Lipinski definition) is 3. The predicted octanol–water partition coefficient (Wildman–Crippen LogP) is 5.15. The Hall–Kier alpha value is -2.38. The largest absolute Gasteiger partial charge is 0.512 e. The number of halogens is 3. The summed E-state index contributed by atoms with van der Waals surface area (Å²) in [7, 11) is 0. The lowest BCUT2D eigenvalue weighted by Gasteiger charge is -2.08. The molecule has 1 N–H and O–H groups in total. The second-order valence-electron chi connectivity index (χ2n) is 4.76. The van der Waals surface area contributed by atoms with Gasteiger partial charge in [-0.15, -0.1) is 5.10 Å². The highest BCUT2D eigenvalue weighted by Crippen LogP contribution is 2.30. The van der Waals surface area contributed by atoms with Gasteiger partial charge < -0.3 is 9.84 Å². The molecule has 0 amide bonds. The molecule has 122 valence electrons. The van der Waals surface area contributed by atoms with E-state index in [-0.39, 0.29) is 10.4 Å². The van der Waals surface area contributed by atoms with E-state index < -0.39 is 12.0 Å². The van der Waals surface area contributed by atoms with Gasteiger partial charge in [0.2, 0.25) is 5.88 Å². The second kappa shape index (κ2) is 6.62. The monoisotopic (exact) mass is 410 g/mol. The summed E-state index contributed by atoms with van der Waals surface area (Å²) in [6.45, 7) is 0. The SMILES string of the molecule is O=C(O)Oc1cc(-c2ccc(F)c(Br)c2)n(-c2cccc(Cl)c2)n1. The maximum Gasteiger partial charge on any atom is 0.512 e. The molecule has 0 spiro atoms. The van der Waals surface area contributed by atoms with Gasteiger partial charge in [0.05, 0.1) is 15.9 Å². The number of ether oxygens (including phenoxy) is 1. The summed E-state index contributed by atoms with van der Waals surface area (Å²) in [5.74, 6) is -0.507.